The summed E-state index contributed by atoms with van der Waals surface area (Å²) in [6.45, 7) is 3.58. The molecule has 0 atom stereocenters. The maximum Gasteiger partial charge on any atom is 0.341 e. The van der Waals surface area contributed by atoms with Gasteiger partial charge in [-0.15, -0.1) is 0 Å². The zero-order valence-corrected chi connectivity index (χ0v) is 16.8. The molecule has 13 heteroatoms. The van der Waals surface area contributed by atoms with Gasteiger partial charge >= 0.3 is 12.0 Å². The molecular weight excluding hydrogens is 414 g/mol. The van der Waals surface area contributed by atoms with E-state index in [0.717, 1.165) is 0 Å². The smallest absolute Gasteiger partial charge is 0.341 e. The van der Waals surface area contributed by atoms with Gasteiger partial charge in [-0.2, -0.15) is 13.4 Å². The Morgan fingerprint density at radius 1 is 1.29 bits per heavy atom. The molecule has 0 unspecified atom stereocenters. The van der Waals surface area contributed by atoms with Gasteiger partial charge in [0.25, 0.3) is 10.0 Å². The minimum absolute atomic E-state index is 0.0190. The van der Waals surface area contributed by atoms with Crippen LogP contribution in [0.5, 0.6) is 5.88 Å². The highest BCUT2D eigenvalue weighted by Crippen LogP contribution is 2.19. The molecule has 11 nitrogen and oxygen atoms in total. The minimum atomic E-state index is -4.42. The predicted octanol–water partition coefficient (Wildman–Crippen LogP) is 1.65. The molecule has 0 saturated heterocycles. The van der Waals surface area contributed by atoms with E-state index >= 15 is 0 Å². The molecule has 0 aliphatic rings. The van der Waals surface area contributed by atoms with Gasteiger partial charge in [-0.3, -0.25) is 5.32 Å². The largest absolute Gasteiger partial charge is 0.481 e. The first-order valence-electron chi connectivity index (χ1n) is 8.00. The number of esters is 1. The van der Waals surface area contributed by atoms with Crippen LogP contribution in [0.1, 0.15) is 24.2 Å². The summed E-state index contributed by atoms with van der Waals surface area (Å²) in [5.41, 5.74) is -0.190. The summed E-state index contributed by atoms with van der Waals surface area (Å²) >= 11 is 5.78. The van der Waals surface area contributed by atoms with Crippen LogP contribution in [0.25, 0.3) is 0 Å². The lowest BCUT2D eigenvalue weighted by atomic mass is 10.3. The Balaban J connectivity index is 2.28. The summed E-state index contributed by atoms with van der Waals surface area (Å²) in [6, 6.07) is 1.46. The Kier molecular flexibility index (Phi) is 6.80. The van der Waals surface area contributed by atoms with Crippen molar-refractivity contribution in [1.82, 2.24) is 19.3 Å². The highest BCUT2D eigenvalue weighted by Gasteiger charge is 2.29. The third-order valence-corrected chi connectivity index (χ3v) is 4.95. The van der Waals surface area contributed by atoms with E-state index in [0.29, 0.717) is 0 Å². The Morgan fingerprint density at radius 3 is 2.61 bits per heavy atom. The highest BCUT2D eigenvalue weighted by atomic mass is 35.5. The summed E-state index contributed by atoms with van der Waals surface area (Å²) in [4.78, 5) is 31.8. The van der Waals surface area contributed by atoms with Crippen LogP contribution in [0.3, 0.4) is 0 Å². The quantitative estimate of drug-likeness (QED) is 0.497. The van der Waals surface area contributed by atoms with E-state index < -0.39 is 27.0 Å². The zero-order chi connectivity index (χ0) is 20.9. The van der Waals surface area contributed by atoms with Crippen molar-refractivity contribution in [3.63, 3.8) is 0 Å². The van der Waals surface area contributed by atoms with E-state index in [1.807, 2.05) is 0 Å². The van der Waals surface area contributed by atoms with Gasteiger partial charge in [0.2, 0.25) is 11.8 Å². The molecule has 28 heavy (non-hydrogen) atoms. The number of amides is 2. The number of sulfonamides is 1. The summed E-state index contributed by atoms with van der Waals surface area (Å²) < 4.78 is 38.3. The molecule has 152 valence electrons. The van der Waals surface area contributed by atoms with E-state index in [1.54, 1.807) is 18.6 Å². The lowest BCUT2D eigenvalue weighted by Gasteiger charge is -2.12. The average molecular weight is 432 g/mol. The van der Waals surface area contributed by atoms with Gasteiger partial charge in [0.1, 0.15) is 5.15 Å². The second-order valence-corrected chi connectivity index (χ2v) is 7.14. The van der Waals surface area contributed by atoms with Crippen molar-refractivity contribution in [3.8, 4) is 5.88 Å². The SMILES string of the molecule is CCOC(=O)c1ccn(CC)c1S(=O)(=O)NC(=O)Nc1nc(Cl)cc(OC)n1. The molecule has 2 rings (SSSR count). The van der Waals surface area contributed by atoms with Crippen LogP contribution in [0, 0.1) is 0 Å². The highest BCUT2D eigenvalue weighted by molar-refractivity contribution is 7.90. The third kappa shape index (κ3) is 4.89. The van der Waals surface area contributed by atoms with Crippen LogP contribution in [0.4, 0.5) is 10.7 Å². The number of methoxy groups -OCH3 is 1. The molecular formula is C15H18ClN5O6S. The maximum atomic E-state index is 12.7. The monoisotopic (exact) mass is 431 g/mol. The molecule has 2 N–H and O–H groups in total. The standard InChI is InChI=1S/C15H18ClN5O6S/c1-4-21-7-6-9(13(22)27-5-2)12(21)28(24,25)20-15(23)19-14-17-10(16)8-11(18-14)26-3/h6-8H,4-5H2,1-3H3,(H2,17,18,19,20,23). The zero-order valence-electron chi connectivity index (χ0n) is 15.2. The van der Waals surface area contributed by atoms with Crippen LogP contribution in [0.15, 0.2) is 23.4 Å². The number of aryl methyl sites for hydroxylation is 1. The van der Waals surface area contributed by atoms with Crippen molar-refractivity contribution in [2.75, 3.05) is 19.0 Å². The van der Waals surface area contributed by atoms with Crippen LogP contribution in [-0.2, 0) is 21.3 Å². The average Bonchev–Trinajstić information content (AvgIpc) is 3.06. The van der Waals surface area contributed by atoms with E-state index in [9.17, 15) is 18.0 Å². The van der Waals surface area contributed by atoms with Crippen molar-refractivity contribution < 1.29 is 27.5 Å². The second-order valence-electron chi connectivity index (χ2n) is 5.16. The number of hydrogen-bond donors (Lipinski definition) is 2. The molecule has 0 aromatic carbocycles. The van der Waals surface area contributed by atoms with Gasteiger partial charge < -0.3 is 14.0 Å². The Morgan fingerprint density at radius 2 is 2.00 bits per heavy atom. The van der Waals surface area contributed by atoms with Crippen molar-refractivity contribution in [2.24, 2.45) is 0 Å². The molecule has 0 radical (unpaired) electrons. The number of carbonyl (C=O) groups excluding carboxylic acids is 2. The first kappa shape index (κ1) is 21.4. The fourth-order valence-electron chi connectivity index (χ4n) is 2.23. The Bertz CT molecular complexity index is 991. The predicted molar refractivity (Wildman–Crippen MR) is 99.0 cm³/mol. The number of ether oxygens (including phenoxy) is 2. The van der Waals surface area contributed by atoms with Crippen LogP contribution in [-0.4, -0.2) is 48.7 Å². The molecule has 2 aromatic rings. The fourth-order valence-corrected chi connectivity index (χ4v) is 3.73. The summed E-state index contributed by atoms with van der Waals surface area (Å²) in [6.07, 6.45) is 1.41. The van der Waals surface area contributed by atoms with E-state index in [-0.39, 0.29) is 35.7 Å². The van der Waals surface area contributed by atoms with Crippen molar-refractivity contribution in [2.45, 2.75) is 25.4 Å². The Labute approximate surface area is 166 Å². The lowest BCUT2D eigenvalue weighted by Crippen LogP contribution is -2.36. The van der Waals surface area contributed by atoms with Gasteiger partial charge in [0, 0.05) is 18.8 Å². The minimum Gasteiger partial charge on any atom is -0.481 e. The third-order valence-electron chi connectivity index (χ3n) is 3.34. The van der Waals surface area contributed by atoms with E-state index in [2.05, 4.69) is 15.3 Å². The lowest BCUT2D eigenvalue weighted by molar-refractivity contribution is 0.0521. The number of hydrogen-bond acceptors (Lipinski definition) is 8. The maximum absolute atomic E-state index is 12.7. The molecule has 0 saturated carbocycles. The van der Waals surface area contributed by atoms with Crippen LogP contribution in [0.2, 0.25) is 5.15 Å². The number of nitrogens with one attached hydrogen (secondary N) is 2. The van der Waals surface area contributed by atoms with Gasteiger partial charge in [0.15, 0.2) is 5.03 Å². The van der Waals surface area contributed by atoms with Crippen molar-refractivity contribution >= 4 is 39.6 Å². The summed E-state index contributed by atoms with van der Waals surface area (Å²) in [7, 11) is -3.08. The summed E-state index contributed by atoms with van der Waals surface area (Å²) in [5.74, 6) is -1.02. The van der Waals surface area contributed by atoms with Crippen molar-refractivity contribution in [3.05, 3.63) is 29.0 Å². The first-order valence-corrected chi connectivity index (χ1v) is 9.86. The number of carbonyl (C=O) groups is 2. The molecule has 0 fully saturated rings. The molecule has 2 amide bonds. The second kappa shape index (κ2) is 8.89. The number of urea groups is 1. The van der Waals surface area contributed by atoms with Gasteiger partial charge in [-0.05, 0) is 19.9 Å². The van der Waals surface area contributed by atoms with E-state index in [1.165, 1.54) is 30.0 Å². The Hall–Kier alpha value is -2.86. The number of aromatic nitrogens is 3. The number of rotatable bonds is 7. The molecule has 0 aliphatic heterocycles. The number of halogens is 1. The molecule has 2 aromatic heterocycles. The number of nitrogens with zero attached hydrogens (tertiary/aromatic N) is 3. The molecule has 0 spiro atoms. The van der Waals surface area contributed by atoms with Gasteiger partial charge in [0.05, 0.1) is 19.3 Å². The van der Waals surface area contributed by atoms with Crippen LogP contribution < -0.4 is 14.8 Å². The fraction of sp³-hybridized carbons (Fsp3) is 0.333. The first-order chi connectivity index (χ1) is 13.2. The van der Waals surface area contributed by atoms with E-state index in [4.69, 9.17) is 21.1 Å². The summed E-state index contributed by atoms with van der Waals surface area (Å²) in [5, 5.41) is 1.73. The molecule has 0 aliphatic carbocycles. The van der Waals surface area contributed by atoms with Gasteiger partial charge in [-0.1, -0.05) is 11.6 Å². The molecule has 2 heterocycles. The normalized spacial score (nSPS) is 11.0. The van der Waals surface area contributed by atoms with Gasteiger partial charge in [-0.25, -0.2) is 19.3 Å². The topological polar surface area (TPSA) is 142 Å². The van der Waals surface area contributed by atoms with Crippen molar-refractivity contribution in [1.29, 1.82) is 0 Å². The molecule has 0 bridgehead atoms. The van der Waals surface area contributed by atoms with Crippen LogP contribution >= 0.6 is 11.6 Å². The number of anilines is 1.